The number of rotatable bonds is 4. The molecule has 0 saturated carbocycles. The van der Waals surface area contributed by atoms with Gasteiger partial charge in [0.15, 0.2) is 18.6 Å². The lowest BCUT2D eigenvalue weighted by atomic mass is 10.2. The first kappa shape index (κ1) is 28.1. The van der Waals surface area contributed by atoms with Crippen LogP contribution < -0.4 is 9.79 Å². The number of aliphatic carboxylic acids is 3. The maximum atomic E-state index is 10.7. The average Bonchev–Trinajstić information content (AvgIpc) is 2.68. The van der Waals surface area contributed by atoms with Gasteiger partial charge >= 0.3 is 24.3 Å². The summed E-state index contributed by atoms with van der Waals surface area (Å²) in [6, 6.07) is 3.56. The smallest absolute Gasteiger partial charge is 0.490 e. The normalized spacial score (nSPS) is 11.7. The van der Waals surface area contributed by atoms with Crippen molar-refractivity contribution in [3.63, 3.8) is 0 Å². The summed E-state index contributed by atoms with van der Waals surface area (Å²) in [6.45, 7) is 1.98. The van der Waals surface area contributed by atoms with Gasteiger partial charge in [-0.25, -0.2) is 14.8 Å². The number of alkyl halides is 6. The van der Waals surface area contributed by atoms with Gasteiger partial charge in [0.25, 0.3) is 0 Å². The van der Waals surface area contributed by atoms with Crippen LogP contribution in [0.1, 0.15) is 6.92 Å². The number of aromatic nitrogens is 4. The molecule has 2 heterocycles. The zero-order valence-corrected chi connectivity index (χ0v) is 15.8. The Hall–Kier alpha value is -3.85. The molecule has 0 unspecified atom stereocenters. The van der Waals surface area contributed by atoms with Crippen LogP contribution in [0.25, 0.3) is 11.4 Å². The van der Waals surface area contributed by atoms with E-state index in [-0.39, 0.29) is 0 Å². The highest BCUT2D eigenvalue weighted by Gasteiger charge is 2.38. The van der Waals surface area contributed by atoms with Crippen molar-refractivity contribution in [2.24, 2.45) is 5.92 Å². The van der Waals surface area contributed by atoms with Crippen LogP contribution in [0.2, 0.25) is 0 Å². The lowest BCUT2D eigenvalue weighted by molar-refractivity contribution is -0.757. The molecule has 0 aromatic carbocycles. The summed E-state index contributed by atoms with van der Waals surface area (Å²) in [5.74, 6) is -6.47. The van der Waals surface area contributed by atoms with Gasteiger partial charge in [0.05, 0.1) is 0 Å². The Bertz CT molecular complexity index is 867. The monoisotopic (exact) mass is 472 g/mol. The fraction of sp³-hybridized carbons (Fsp3) is 0.312. The third-order valence-corrected chi connectivity index (χ3v) is 2.95. The molecule has 0 aliphatic rings. The van der Waals surface area contributed by atoms with Crippen molar-refractivity contribution < 1.29 is 60.7 Å². The van der Waals surface area contributed by atoms with Crippen molar-refractivity contribution in [1.82, 2.24) is 15.1 Å². The number of carboxylic acids is 3. The van der Waals surface area contributed by atoms with E-state index >= 15 is 0 Å². The Morgan fingerprint density at radius 1 is 1.06 bits per heavy atom. The maximum absolute atomic E-state index is 10.7. The molecule has 0 aliphatic carbocycles. The number of hydrogen-bond acceptors (Lipinski definition) is 7. The molecule has 0 bridgehead atoms. The Labute approximate surface area is 174 Å². The SMILES string of the molecule is C[C@@H](C[n+]1ccc(-c2ncccn2)cn1)C(=O)O.O=C(O)C(F)(F)F.O=C([O-])C(F)(F)F. The first-order valence-corrected chi connectivity index (χ1v) is 8.00. The Morgan fingerprint density at radius 3 is 1.84 bits per heavy atom. The van der Waals surface area contributed by atoms with Gasteiger partial charge in [0.2, 0.25) is 0 Å². The summed E-state index contributed by atoms with van der Waals surface area (Å²) in [5, 5.41) is 28.9. The van der Waals surface area contributed by atoms with E-state index in [1.165, 1.54) is 0 Å². The van der Waals surface area contributed by atoms with E-state index in [0.717, 1.165) is 5.56 Å². The highest BCUT2D eigenvalue weighted by atomic mass is 19.4. The molecule has 2 aromatic rings. The third kappa shape index (κ3) is 11.4. The van der Waals surface area contributed by atoms with Crippen LogP contribution in [0.4, 0.5) is 26.3 Å². The summed E-state index contributed by atoms with van der Waals surface area (Å²) < 4.78 is 64.9. The van der Waals surface area contributed by atoms with E-state index in [1.807, 2.05) is 6.07 Å². The molecular formula is C16H14F6N4O6. The number of halogens is 6. The average molecular weight is 472 g/mol. The molecule has 0 saturated heterocycles. The van der Waals surface area contributed by atoms with Crippen LogP contribution in [-0.2, 0) is 20.9 Å². The molecular weight excluding hydrogens is 458 g/mol. The van der Waals surface area contributed by atoms with Crippen LogP contribution in [0.5, 0.6) is 0 Å². The number of nitrogens with zero attached hydrogens (tertiary/aromatic N) is 4. The molecule has 10 nitrogen and oxygen atoms in total. The Balaban J connectivity index is 0.000000570. The highest BCUT2D eigenvalue weighted by molar-refractivity contribution is 5.73. The van der Waals surface area contributed by atoms with Gasteiger partial charge in [-0.15, -0.1) is 0 Å². The summed E-state index contributed by atoms with van der Waals surface area (Å²) in [4.78, 5) is 36.6. The van der Waals surface area contributed by atoms with E-state index in [1.54, 1.807) is 42.5 Å². The second kappa shape index (κ2) is 12.1. The Morgan fingerprint density at radius 2 is 1.53 bits per heavy atom. The standard InChI is InChI=1S/C12H12N4O2.2C2HF3O2/c1-9(12(17)18)8-16-6-3-10(7-15-16)11-13-4-2-5-14-11;2*3-2(4,5)1(6)7/h2-7,9H,8H2,1H3;2*(H,6,7)/t9-;;/m0../s1. The lowest BCUT2D eigenvalue weighted by Gasteiger charge is -2.03. The quantitative estimate of drug-likeness (QED) is 0.477. The fourth-order valence-corrected chi connectivity index (χ4v) is 1.43. The van der Waals surface area contributed by atoms with E-state index < -0.39 is 36.2 Å². The second-order valence-electron chi connectivity index (χ2n) is 5.54. The summed E-state index contributed by atoms with van der Waals surface area (Å²) >= 11 is 0. The molecule has 16 heteroatoms. The predicted molar refractivity (Wildman–Crippen MR) is 87.0 cm³/mol. The number of carboxylic acid groups (broad SMARTS) is 3. The van der Waals surface area contributed by atoms with E-state index in [4.69, 9.17) is 24.9 Å². The minimum Gasteiger partial charge on any atom is -0.542 e. The van der Waals surface area contributed by atoms with Crippen LogP contribution >= 0.6 is 0 Å². The largest absolute Gasteiger partial charge is 0.542 e. The molecule has 2 rings (SSSR count). The van der Waals surface area contributed by atoms with Crippen LogP contribution in [0.15, 0.2) is 36.9 Å². The number of hydrogen-bond donors (Lipinski definition) is 2. The minimum absolute atomic E-state index is 0.339. The van der Waals surface area contributed by atoms with Crippen molar-refractivity contribution in [1.29, 1.82) is 0 Å². The third-order valence-electron chi connectivity index (χ3n) is 2.95. The molecule has 2 aromatic heterocycles. The van der Waals surface area contributed by atoms with Crippen molar-refractivity contribution in [2.75, 3.05) is 0 Å². The van der Waals surface area contributed by atoms with Gasteiger partial charge in [-0.2, -0.15) is 26.3 Å². The topological polar surface area (TPSA) is 157 Å². The van der Waals surface area contributed by atoms with Crippen LogP contribution in [0.3, 0.4) is 0 Å². The molecule has 0 amide bonds. The lowest BCUT2D eigenvalue weighted by Crippen LogP contribution is -2.42. The highest BCUT2D eigenvalue weighted by Crippen LogP contribution is 2.13. The van der Waals surface area contributed by atoms with Gasteiger partial charge in [-0.3, -0.25) is 4.79 Å². The molecule has 2 N–H and O–H groups in total. The van der Waals surface area contributed by atoms with E-state index in [2.05, 4.69) is 15.1 Å². The van der Waals surface area contributed by atoms with Crippen molar-refractivity contribution in [2.45, 2.75) is 25.8 Å². The Kier molecular flexibility index (Phi) is 10.7. The first-order valence-electron chi connectivity index (χ1n) is 8.00. The molecule has 0 spiro atoms. The second-order valence-corrected chi connectivity index (χ2v) is 5.54. The zero-order valence-electron chi connectivity index (χ0n) is 15.8. The molecule has 0 aliphatic heterocycles. The molecule has 0 radical (unpaired) electrons. The number of carbonyl (C=O) groups excluding carboxylic acids is 1. The number of carbonyl (C=O) groups is 3. The molecule has 0 fully saturated rings. The van der Waals surface area contributed by atoms with Gasteiger partial charge < -0.3 is 20.1 Å². The predicted octanol–water partition coefficient (Wildman–Crippen LogP) is 0.479. The van der Waals surface area contributed by atoms with Gasteiger partial charge in [0.1, 0.15) is 18.1 Å². The van der Waals surface area contributed by atoms with Gasteiger partial charge in [-0.1, -0.05) is 4.68 Å². The van der Waals surface area contributed by atoms with Crippen molar-refractivity contribution in [3.05, 3.63) is 36.9 Å². The summed E-state index contributed by atoms with van der Waals surface area (Å²) in [5.41, 5.74) is 0.801. The first-order chi connectivity index (χ1) is 14.6. The van der Waals surface area contributed by atoms with Crippen LogP contribution in [-0.4, -0.2) is 55.5 Å². The van der Waals surface area contributed by atoms with Crippen molar-refractivity contribution >= 4 is 17.9 Å². The molecule has 176 valence electrons. The fourth-order valence-electron chi connectivity index (χ4n) is 1.43. The van der Waals surface area contributed by atoms with Gasteiger partial charge in [0, 0.05) is 24.0 Å². The van der Waals surface area contributed by atoms with Crippen molar-refractivity contribution in [3.8, 4) is 11.4 Å². The summed E-state index contributed by atoms with van der Waals surface area (Å²) in [6.07, 6.45) is -3.60. The summed E-state index contributed by atoms with van der Waals surface area (Å²) in [7, 11) is 0. The van der Waals surface area contributed by atoms with E-state index in [9.17, 15) is 31.1 Å². The maximum Gasteiger partial charge on any atom is 0.490 e. The van der Waals surface area contributed by atoms with Crippen LogP contribution in [0, 0.1) is 5.92 Å². The minimum atomic E-state index is -5.19. The zero-order chi connectivity index (χ0) is 25.1. The van der Waals surface area contributed by atoms with Gasteiger partial charge in [-0.05, 0) is 18.1 Å². The molecule has 32 heavy (non-hydrogen) atoms. The molecule has 1 atom stereocenters. The van der Waals surface area contributed by atoms with E-state index in [0.29, 0.717) is 12.4 Å².